The molecule has 2 heterocycles. The highest BCUT2D eigenvalue weighted by Gasteiger charge is 2.19. The van der Waals surface area contributed by atoms with Gasteiger partial charge in [-0.3, -0.25) is 4.79 Å². The standard InChI is InChI=1S/C20H21N3O5S/c1-2-9-23(11-17-21-22-19(28-17)16-4-3-10-29-16)18(25)13-27-20(26)15-7-5-14(12-24)6-8-15/h3-8,10,24H,2,9,11-13H2,1H3. The maximum absolute atomic E-state index is 12.5. The second-order valence-corrected chi connectivity index (χ2v) is 7.17. The summed E-state index contributed by atoms with van der Waals surface area (Å²) in [6.07, 6.45) is 0.730. The zero-order valence-corrected chi connectivity index (χ0v) is 16.7. The Kier molecular flexibility index (Phi) is 7.09. The highest BCUT2D eigenvalue weighted by molar-refractivity contribution is 7.13. The van der Waals surface area contributed by atoms with Crippen molar-refractivity contribution in [3.63, 3.8) is 0 Å². The van der Waals surface area contributed by atoms with Gasteiger partial charge >= 0.3 is 5.97 Å². The number of esters is 1. The van der Waals surface area contributed by atoms with E-state index >= 15 is 0 Å². The third-order valence-electron chi connectivity index (χ3n) is 4.07. The molecule has 0 saturated carbocycles. The van der Waals surface area contributed by atoms with Gasteiger partial charge in [0.25, 0.3) is 11.8 Å². The summed E-state index contributed by atoms with van der Waals surface area (Å²) in [6, 6.07) is 10.1. The fourth-order valence-electron chi connectivity index (χ4n) is 2.59. The summed E-state index contributed by atoms with van der Waals surface area (Å²) in [5, 5.41) is 19.0. The van der Waals surface area contributed by atoms with Crippen molar-refractivity contribution in [2.45, 2.75) is 26.5 Å². The lowest BCUT2D eigenvalue weighted by atomic mass is 10.1. The molecule has 29 heavy (non-hydrogen) atoms. The van der Waals surface area contributed by atoms with E-state index in [4.69, 9.17) is 14.3 Å². The molecular formula is C20H21N3O5S. The number of nitrogens with zero attached hydrogens (tertiary/aromatic N) is 3. The van der Waals surface area contributed by atoms with Crippen LogP contribution in [0.5, 0.6) is 0 Å². The van der Waals surface area contributed by atoms with E-state index in [0.717, 1.165) is 11.3 Å². The number of carbonyl (C=O) groups excluding carboxylic acids is 2. The Hall–Kier alpha value is -3.04. The number of ether oxygens (including phenoxy) is 1. The highest BCUT2D eigenvalue weighted by atomic mass is 32.1. The molecular weight excluding hydrogens is 394 g/mol. The molecule has 1 N–H and O–H groups in total. The zero-order valence-electron chi connectivity index (χ0n) is 15.9. The van der Waals surface area contributed by atoms with Gasteiger partial charge in [0.1, 0.15) is 0 Å². The van der Waals surface area contributed by atoms with Crippen LogP contribution in [0.15, 0.2) is 46.2 Å². The van der Waals surface area contributed by atoms with Crippen LogP contribution in [0, 0.1) is 0 Å². The van der Waals surface area contributed by atoms with E-state index in [9.17, 15) is 9.59 Å². The molecule has 1 aromatic carbocycles. The molecule has 0 saturated heterocycles. The number of amides is 1. The van der Waals surface area contributed by atoms with E-state index in [1.807, 2.05) is 24.4 Å². The molecule has 2 aromatic heterocycles. The third kappa shape index (κ3) is 5.49. The van der Waals surface area contributed by atoms with Gasteiger partial charge in [0.15, 0.2) is 6.61 Å². The Balaban J connectivity index is 1.58. The normalized spacial score (nSPS) is 10.7. The summed E-state index contributed by atoms with van der Waals surface area (Å²) in [4.78, 5) is 27.0. The summed E-state index contributed by atoms with van der Waals surface area (Å²) < 4.78 is 10.8. The van der Waals surface area contributed by atoms with Crippen LogP contribution in [0.25, 0.3) is 10.8 Å². The Morgan fingerprint density at radius 1 is 1.21 bits per heavy atom. The van der Waals surface area contributed by atoms with Gasteiger partial charge in [-0.05, 0) is 35.6 Å². The largest absolute Gasteiger partial charge is 0.452 e. The quantitative estimate of drug-likeness (QED) is 0.536. The second kappa shape index (κ2) is 9.94. The Morgan fingerprint density at radius 2 is 2.00 bits per heavy atom. The minimum Gasteiger partial charge on any atom is -0.452 e. The van der Waals surface area contributed by atoms with E-state index in [1.54, 1.807) is 24.3 Å². The van der Waals surface area contributed by atoms with Gasteiger partial charge in [-0.15, -0.1) is 21.5 Å². The molecule has 0 aliphatic heterocycles. The van der Waals surface area contributed by atoms with E-state index in [-0.39, 0.29) is 25.7 Å². The van der Waals surface area contributed by atoms with Gasteiger partial charge in [-0.25, -0.2) is 4.79 Å². The molecule has 0 radical (unpaired) electrons. The predicted octanol–water partition coefficient (Wildman–Crippen LogP) is 2.89. The number of hydrogen-bond acceptors (Lipinski definition) is 8. The molecule has 152 valence electrons. The number of aromatic nitrogens is 2. The molecule has 0 atom stereocenters. The van der Waals surface area contributed by atoms with Gasteiger partial charge in [-0.2, -0.15) is 0 Å². The number of rotatable bonds is 9. The zero-order chi connectivity index (χ0) is 20.6. The highest BCUT2D eigenvalue weighted by Crippen LogP contribution is 2.23. The van der Waals surface area contributed by atoms with E-state index in [2.05, 4.69) is 10.2 Å². The van der Waals surface area contributed by atoms with E-state index in [1.165, 1.54) is 16.2 Å². The number of aliphatic hydroxyl groups is 1. The van der Waals surface area contributed by atoms with Crippen molar-refractivity contribution in [3.8, 4) is 10.8 Å². The van der Waals surface area contributed by atoms with Gasteiger partial charge < -0.3 is 19.2 Å². The minimum atomic E-state index is -0.600. The summed E-state index contributed by atoms with van der Waals surface area (Å²) in [5.74, 6) is -0.210. The van der Waals surface area contributed by atoms with Gasteiger partial charge in [0, 0.05) is 6.54 Å². The monoisotopic (exact) mass is 415 g/mol. The van der Waals surface area contributed by atoms with Crippen LogP contribution in [0.4, 0.5) is 0 Å². The molecule has 0 fully saturated rings. The molecule has 9 heteroatoms. The molecule has 3 rings (SSSR count). The summed E-state index contributed by atoms with van der Waals surface area (Å²) in [7, 11) is 0. The minimum absolute atomic E-state index is 0.107. The fourth-order valence-corrected chi connectivity index (χ4v) is 3.23. The van der Waals surface area contributed by atoms with Crippen molar-refractivity contribution in [1.82, 2.24) is 15.1 Å². The summed E-state index contributed by atoms with van der Waals surface area (Å²) in [5.41, 5.74) is 1.00. The number of benzene rings is 1. The second-order valence-electron chi connectivity index (χ2n) is 6.22. The molecule has 3 aromatic rings. The molecule has 0 unspecified atom stereocenters. The van der Waals surface area contributed by atoms with Crippen LogP contribution in [0.3, 0.4) is 0 Å². The first-order valence-electron chi connectivity index (χ1n) is 9.11. The molecule has 1 amide bonds. The Labute approximate surface area is 171 Å². The summed E-state index contributed by atoms with van der Waals surface area (Å²) in [6.45, 7) is 2.07. The van der Waals surface area contributed by atoms with Crippen molar-refractivity contribution in [1.29, 1.82) is 0 Å². The predicted molar refractivity (Wildman–Crippen MR) is 106 cm³/mol. The van der Waals surface area contributed by atoms with Crippen molar-refractivity contribution in [2.75, 3.05) is 13.2 Å². The lowest BCUT2D eigenvalue weighted by Crippen LogP contribution is -2.35. The Bertz CT molecular complexity index is 937. The van der Waals surface area contributed by atoms with E-state index in [0.29, 0.717) is 29.5 Å². The van der Waals surface area contributed by atoms with E-state index < -0.39 is 5.97 Å². The molecule has 8 nitrogen and oxygen atoms in total. The lowest BCUT2D eigenvalue weighted by molar-refractivity contribution is -0.135. The van der Waals surface area contributed by atoms with Crippen LogP contribution in [-0.4, -0.2) is 45.2 Å². The maximum atomic E-state index is 12.5. The number of aliphatic hydroxyl groups excluding tert-OH is 1. The van der Waals surface area contributed by atoms with Crippen molar-refractivity contribution < 1.29 is 23.8 Å². The SMILES string of the molecule is CCCN(Cc1nnc(-c2cccs2)o1)C(=O)COC(=O)c1ccc(CO)cc1. The number of thiophene rings is 1. The number of carbonyl (C=O) groups is 2. The molecule has 0 spiro atoms. The van der Waals surface area contributed by atoms with Crippen LogP contribution < -0.4 is 0 Å². The average molecular weight is 415 g/mol. The third-order valence-corrected chi connectivity index (χ3v) is 4.93. The van der Waals surface area contributed by atoms with Crippen molar-refractivity contribution in [3.05, 3.63) is 58.8 Å². The number of hydrogen-bond donors (Lipinski definition) is 1. The first-order valence-corrected chi connectivity index (χ1v) is 9.99. The van der Waals surface area contributed by atoms with Crippen LogP contribution >= 0.6 is 11.3 Å². The van der Waals surface area contributed by atoms with Gasteiger partial charge in [0.05, 0.1) is 23.6 Å². The average Bonchev–Trinajstić information content (AvgIpc) is 3.43. The topological polar surface area (TPSA) is 106 Å². The first kappa shape index (κ1) is 20.7. The van der Waals surface area contributed by atoms with Crippen molar-refractivity contribution >= 4 is 23.2 Å². The maximum Gasteiger partial charge on any atom is 0.338 e. The lowest BCUT2D eigenvalue weighted by Gasteiger charge is -2.20. The summed E-state index contributed by atoms with van der Waals surface area (Å²) >= 11 is 1.49. The van der Waals surface area contributed by atoms with Crippen LogP contribution in [0.2, 0.25) is 0 Å². The molecule has 0 bridgehead atoms. The fraction of sp³-hybridized carbons (Fsp3) is 0.300. The Morgan fingerprint density at radius 3 is 2.66 bits per heavy atom. The van der Waals surface area contributed by atoms with Crippen molar-refractivity contribution in [2.24, 2.45) is 0 Å². The van der Waals surface area contributed by atoms with Gasteiger partial charge in [0.2, 0.25) is 5.89 Å². The van der Waals surface area contributed by atoms with Gasteiger partial charge in [-0.1, -0.05) is 25.1 Å². The smallest absolute Gasteiger partial charge is 0.338 e. The first-order chi connectivity index (χ1) is 14.1. The van der Waals surface area contributed by atoms with Crippen LogP contribution in [0.1, 0.15) is 35.2 Å². The van der Waals surface area contributed by atoms with Crippen LogP contribution in [-0.2, 0) is 22.7 Å². The molecule has 0 aliphatic carbocycles. The molecule has 0 aliphatic rings.